The van der Waals surface area contributed by atoms with Crippen molar-refractivity contribution < 1.29 is 22.7 Å². The zero-order valence-electron chi connectivity index (χ0n) is 9.68. The summed E-state index contributed by atoms with van der Waals surface area (Å²) in [6.07, 6.45) is 1.56. The van der Waals surface area contributed by atoms with Gasteiger partial charge in [0.2, 0.25) is 10.0 Å². The molecule has 1 aromatic rings. The molecule has 0 atom stereocenters. The fourth-order valence-electron chi connectivity index (χ4n) is 1.37. The van der Waals surface area contributed by atoms with E-state index < -0.39 is 10.0 Å². The average molecular weight is 259 g/mol. The molecule has 0 bridgehead atoms. The van der Waals surface area contributed by atoms with E-state index in [9.17, 15) is 13.2 Å². The number of carbonyl (C=O) groups is 1. The standard InChI is InChI=1S/C10H13NO5S/c1-15-9-5-4-8(11-17(3,13)14)10(16-2)7(9)6-12/h4-6,11H,1-3H3. The van der Waals surface area contributed by atoms with Crippen molar-refractivity contribution in [3.05, 3.63) is 17.7 Å². The Kier molecular flexibility index (Phi) is 3.95. The molecule has 0 saturated heterocycles. The molecule has 0 unspecified atom stereocenters. The van der Waals surface area contributed by atoms with Crippen LogP contribution in [0.1, 0.15) is 10.4 Å². The van der Waals surface area contributed by atoms with E-state index in [2.05, 4.69) is 4.72 Å². The molecule has 1 rings (SSSR count). The molecular formula is C10H13NO5S. The Bertz CT molecular complexity index is 524. The lowest BCUT2D eigenvalue weighted by Crippen LogP contribution is -2.11. The molecule has 0 amide bonds. The largest absolute Gasteiger partial charge is 0.496 e. The predicted molar refractivity (Wildman–Crippen MR) is 63.4 cm³/mol. The predicted octanol–water partition coefficient (Wildman–Crippen LogP) is 0.888. The van der Waals surface area contributed by atoms with Crippen LogP contribution in [-0.2, 0) is 10.0 Å². The minimum Gasteiger partial charge on any atom is -0.496 e. The summed E-state index contributed by atoms with van der Waals surface area (Å²) in [5, 5.41) is 0. The Morgan fingerprint density at radius 1 is 1.24 bits per heavy atom. The lowest BCUT2D eigenvalue weighted by Gasteiger charge is -2.13. The Morgan fingerprint density at radius 3 is 2.29 bits per heavy atom. The van der Waals surface area contributed by atoms with Crippen LogP contribution in [0.4, 0.5) is 5.69 Å². The molecule has 0 saturated carbocycles. The maximum atomic E-state index is 11.1. The number of anilines is 1. The third kappa shape index (κ3) is 3.10. The summed E-state index contributed by atoms with van der Waals surface area (Å²) in [6, 6.07) is 2.95. The van der Waals surface area contributed by atoms with Gasteiger partial charge in [0, 0.05) is 0 Å². The molecule has 7 heteroatoms. The van der Waals surface area contributed by atoms with Crippen LogP contribution in [0.2, 0.25) is 0 Å². The molecule has 0 aromatic heterocycles. The second kappa shape index (κ2) is 5.05. The average Bonchev–Trinajstić information content (AvgIpc) is 2.26. The number of aldehydes is 1. The second-order valence-corrected chi connectivity index (χ2v) is 5.00. The second-order valence-electron chi connectivity index (χ2n) is 3.25. The number of carbonyl (C=O) groups excluding carboxylic acids is 1. The first-order valence-corrected chi connectivity index (χ1v) is 6.50. The Labute approximate surface area is 99.6 Å². The van der Waals surface area contributed by atoms with Crippen LogP contribution in [0, 0.1) is 0 Å². The summed E-state index contributed by atoms with van der Waals surface area (Å²) in [4.78, 5) is 10.9. The third-order valence-electron chi connectivity index (χ3n) is 1.99. The van der Waals surface area contributed by atoms with Crippen LogP contribution in [-0.4, -0.2) is 35.2 Å². The summed E-state index contributed by atoms with van der Waals surface area (Å²) in [6.45, 7) is 0. The van der Waals surface area contributed by atoms with Crippen molar-refractivity contribution in [1.82, 2.24) is 0 Å². The van der Waals surface area contributed by atoms with Crippen LogP contribution in [0.5, 0.6) is 11.5 Å². The monoisotopic (exact) mass is 259 g/mol. The minimum atomic E-state index is -3.44. The molecule has 1 N–H and O–H groups in total. The van der Waals surface area contributed by atoms with Gasteiger partial charge in [0.15, 0.2) is 12.0 Å². The highest BCUT2D eigenvalue weighted by Gasteiger charge is 2.16. The first-order chi connectivity index (χ1) is 7.92. The zero-order chi connectivity index (χ0) is 13.1. The van der Waals surface area contributed by atoms with E-state index >= 15 is 0 Å². The van der Waals surface area contributed by atoms with E-state index in [0.29, 0.717) is 12.0 Å². The molecule has 1 aromatic carbocycles. The highest BCUT2D eigenvalue weighted by Crippen LogP contribution is 2.34. The summed E-state index contributed by atoms with van der Waals surface area (Å²) in [5.41, 5.74) is 0.349. The molecular weight excluding hydrogens is 246 g/mol. The first kappa shape index (κ1) is 13.3. The maximum absolute atomic E-state index is 11.1. The van der Waals surface area contributed by atoms with E-state index in [1.165, 1.54) is 26.4 Å². The molecule has 17 heavy (non-hydrogen) atoms. The van der Waals surface area contributed by atoms with E-state index in [1.807, 2.05) is 0 Å². The normalized spacial score (nSPS) is 10.8. The van der Waals surface area contributed by atoms with Crippen molar-refractivity contribution in [3.8, 4) is 11.5 Å². The number of hydrogen-bond donors (Lipinski definition) is 1. The number of hydrogen-bond acceptors (Lipinski definition) is 5. The van der Waals surface area contributed by atoms with Gasteiger partial charge in [0.05, 0.1) is 26.2 Å². The summed E-state index contributed by atoms with van der Waals surface area (Å²) < 4.78 is 34.5. The lowest BCUT2D eigenvalue weighted by molar-refractivity contribution is 0.111. The fraction of sp³-hybridized carbons (Fsp3) is 0.300. The van der Waals surface area contributed by atoms with E-state index in [-0.39, 0.29) is 17.0 Å². The molecule has 0 aliphatic carbocycles. The van der Waals surface area contributed by atoms with Gasteiger partial charge >= 0.3 is 0 Å². The SMILES string of the molecule is COc1ccc(NS(C)(=O)=O)c(OC)c1C=O. The van der Waals surface area contributed by atoms with Gasteiger partial charge in [-0.3, -0.25) is 9.52 Å². The van der Waals surface area contributed by atoms with Gasteiger partial charge in [-0.2, -0.15) is 0 Å². The van der Waals surface area contributed by atoms with Gasteiger partial charge in [-0.1, -0.05) is 0 Å². The van der Waals surface area contributed by atoms with Crippen LogP contribution >= 0.6 is 0 Å². The van der Waals surface area contributed by atoms with Crippen molar-refractivity contribution >= 4 is 22.0 Å². The van der Waals surface area contributed by atoms with Gasteiger partial charge < -0.3 is 9.47 Å². The van der Waals surface area contributed by atoms with E-state index in [1.54, 1.807) is 0 Å². The fourth-order valence-corrected chi connectivity index (χ4v) is 1.93. The lowest BCUT2D eigenvalue weighted by atomic mass is 10.1. The Morgan fingerprint density at radius 2 is 1.88 bits per heavy atom. The van der Waals surface area contributed by atoms with Crippen molar-refractivity contribution in [2.75, 3.05) is 25.2 Å². The number of nitrogens with one attached hydrogen (secondary N) is 1. The molecule has 0 aliphatic rings. The molecule has 0 spiro atoms. The third-order valence-corrected chi connectivity index (χ3v) is 2.58. The first-order valence-electron chi connectivity index (χ1n) is 4.61. The van der Waals surface area contributed by atoms with E-state index in [4.69, 9.17) is 9.47 Å². The Balaban J connectivity index is 3.38. The molecule has 94 valence electrons. The zero-order valence-corrected chi connectivity index (χ0v) is 10.5. The molecule has 0 heterocycles. The number of ether oxygens (including phenoxy) is 2. The maximum Gasteiger partial charge on any atom is 0.229 e. The van der Waals surface area contributed by atoms with Crippen molar-refractivity contribution in [2.24, 2.45) is 0 Å². The minimum absolute atomic E-state index is 0.129. The van der Waals surface area contributed by atoms with Crippen molar-refractivity contribution in [3.63, 3.8) is 0 Å². The van der Waals surface area contributed by atoms with Crippen molar-refractivity contribution in [1.29, 1.82) is 0 Å². The van der Waals surface area contributed by atoms with Gasteiger partial charge in [0.1, 0.15) is 11.3 Å². The topological polar surface area (TPSA) is 81.7 Å². The van der Waals surface area contributed by atoms with Gasteiger partial charge in [-0.25, -0.2) is 8.42 Å². The number of sulfonamides is 1. The molecule has 0 fully saturated rings. The quantitative estimate of drug-likeness (QED) is 0.794. The molecule has 6 nitrogen and oxygen atoms in total. The highest BCUT2D eigenvalue weighted by atomic mass is 32.2. The van der Waals surface area contributed by atoms with Gasteiger partial charge in [0.25, 0.3) is 0 Å². The van der Waals surface area contributed by atoms with E-state index in [0.717, 1.165) is 6.26 Å². The summed E-state index contributed by atoms with van der Waals surface area (Å²) in [5.74, 6) is 0.445. The summed E-state index contributed by atoms with van der Waals surface area (Å²) in [7, 11) is -0.690. The van der Waals surface area contributed by atoms with Crippen LogP contribution in [0.3, 0.4) is 0 Å². The number of benzene rings is 1. The smallest absolute Gasteiger partial charge is 0.229 e. The number of methoxy groups -OCH3 is 2. The molecule has 0 aliphatic heterocycles. The number of rotatable bonds is 5. The summed E-state index contributed by atoms with van der Waals surface area (Å²) >= 11 is 0. The Hall–Kier alpha value is -1.76. The van der Waals surface area contributed by atoms with Crippen LogP contribution < -0.4 is 14.2 Å². The van der Waals surface area contributed by atoms with Crippen LogP contribution in [0.15, 0.2) is 12.1 Å². The van der Waals surface area contributed by atoms with Crippen molar-refractivity contribution in [2.45, 2.75) is 0 Å². The van der Waals surface area contributed by atoms with Gasteiger partial charge in [-0.15, -0.1) is 0 Å². The highest BCUT2D eigenvalue weighted by molar-refractivity contribution is 7.92. The van der Waals surface area contributed by atoms with Gasteiger partial charge in [-0.05, 0) is 12.1 Å². The van der Waals surface area contributed by atoms with Crippen LogP contribution in [0.25, 0.3) is 0 Å². The molecule has 0 radical (unpaired) electrons.